The van der Waals surface area contributed by atoms with Crippen molar-refractivity contribution in [2.75, 3.05) is 0 Å². The third-order valence-electron chi connectivity index (χ3n) is 10.5. The molecule has 11 aromatic carbocycles. The molecule has 0 heterocycles. The minimum atomic E-state index is 1.25. The Morgan fingerprint density at radius 1 is 0.217 bits per heavy atom. The molecule has 0 amide bonds. The lowest BCUT2D eigenvalue weighted by molar-refractivity contribution is 1.73. The molecule has 0 nitrogen and oxygen atoms in total. The predicted molar refractivity (Wildman–Crippen MR) is 201 cm³/mol. The lowest BCUT2D eigenvalue weighted by atomic mass is 9.85. The molecule has 0 heteroatoms. The molecule has 11 rings (SSSR count). The van der Waals surface area contributed by atoms with Crippen molar-refractivity contribution in [2.45, 2.75) is 0 Å². The lowest BCUT2D eigenvalue weighted by Gasteiger charge is -2.18. The molecule has 0 saturated carbocycles. The first-order valence-electron chi connectivity index (χ1n) is 16.1. The highest BCUT2D eigenvalue weighted by Crippen LogP contribution is 2.46. The Labute approximate surface area is 265 Å². The maximum absolute atomic E-state index is 2.48. The van der Waals surface area contributed by atoms with Crippen LogP contribution in [0.4, 0.5) is 0 Å². The average molecular weight is 579 g/mol. The van der Waals surface area contributed by atoms with Crippen molar-refractivity contribution in [2.24, 2.45) is 0 Å². The minimum Gasteiger partial charge on any atom is -0.0616 e. The normalized spacial score (nSPS) is 12.3. The van der Waals surface area contributed by atoms with Crippen LogP contribution in [0.2, 0.25) is 0 Å². The van der Waals surface area contributed by atoms with Gasteiger partial charge in [0.05, 0.1) is 0 Å². The van der Waals surface area contributed by atoms with Crippen LogP contribution in [0.25, 0.3) is 108 Å². The summed E-state index contributed by atoms with van der Waals surface area (Å²) in [7, 11) is 0. The van der Waals surface area contributed by atoms with E-state index in [2.05, 4.69) is 158 Å². The number of hydrogen-bond donors (Lipinski definition) is 0. The van der Waals surface area contributed by atoms with E-state index in [0.29, 0.717) is 0 Å². The van der Waals surface area contributed by atoms with Crippen LogP contribution >= 0.6 is 0 Å². The van der Waals surface area contributed by atoms with Gasteiger partial charge in [-0.2, -0.15) is 0 Å². The van der Waals surface area contributed by atoms with Crippen LogP contribution in [0.5, 0.6) is 0 Å². The molecule has 0 unspecified atom stereocenters. The first kappa shape index (κ1) is 24.4. The SMILES string of the molecule is c1ccc2c(c1)ccc1cc(-c3cc4ccc5cccc6c7cccc8ccc9cccc(c(c3)c4c56)c9c87)c3ccccc3c12. The first-order chi connectivity index (χ1) is 22.8. The summed E-state index contributed by atoms with van der Waals surface area (Å²) in [5.74, 6) is 0. The zero-order valence-corrected chi connectivity index (χ0v) is 25.0. The summed E-state index contributed by atoms with van der Waals surface area (Å²) in [4.78, 5) is 0. The van der Waals surface area contributed by atoms with E-state index < -0.39 is 0 Å². The van der Waals surface area contributed by atoms with Gasteiger partial charge in [-0.15, -0.1) is 0 Å². The maximum atomic E-state index is 2.48. The summed E-state index contributed by atoms with van der Waals surface area (Å²) in [6.45, 7) is 0. The summed E-state index contributed by atoms with van der Waals surface area (Å²) >= 11 is 0. The molecule has 0 N–H and O–H groups in total. The quantitative estimate of drug-likeness (QED) is 0.170. The number of hydrogen-bond acceptors (Lipinski definition) is 0. The molecular weight excluding hydrogens is 553 g/mol. The Morgan fingerprint density at radius 2 is 0.630 bits per heavy atom. The molecule has 0 fully saturated rings. The summed E-state index contributed by atoms with van der Waals surface area (Å²) in [6, 6.07) is 59.3. The molecule has 210 valence electrons. The fourth-order valence-electron chi connectivity index (χ4n) is 8.56. The first-order valence-corrected chi connectivity index (χ1v) is 16.1. The smallest absolute Gasteiger partial charge is 0.00199 e. The molecule has 0 radical (unpaired) electrons. The van der Waals surface area contributed by atoms with E-state index in [1.54, 1.807) is 0 Å². The predicted octanol–water partition coefficient (Wildman–Crippen LogP) is 13.2. The van der Waals surface area contributed by atoms with E-state index in [-0.39, 0.29) is 0 Å². The third-order valence-corrected chi connectivity index (χ3v) is 10.5. The molecular formula is C46H26. The van der Waals surface area contributed by atoms with E-state index in [0.717, 1.165) is 0 Å². The molecule has 0 aromatic heterocycles. The molecule has 0 atom stereocenters. The van der Waals surface area contributed by atoms with Crippen LogP contribution in [-0.2, 0) is 0 Å². The Morgan fingerprint density at radius 3 is 1.28 bits per heavy atom. The van der Waals surface area contributed by atoms with Crippen molar-refractivity contribution >= 4 is 97.0 Å². The van der Waals surface area contributed by atoms with Crippen LogP contribution in [0.1, 0.15) is 0 Å². The lowest BCUT2D eigenvalue weighted by Crippen LogP contribution is -1.90. The van der Waals surface area contributed by atoms with Gasteiger partial charge in [-0.25, -0.2) is 0 Å². The topological polar surface area (TPSA) is 0 Å². The second-order valence-corrected chi connectivity index (χ2v) is 12.8. The minimum absolute atomic E-state index is 1.25. The molecule has 0 saturated heterocycles. The largest absolute Gasteiger partial charge is 0.0616 e. The number of fused-ring (bicyclic) bond motifs is 7. The summed E-state index contributed by atoms with van der Waals surface area (Å²) < 4.78 is 0. The van der Waals surface area contributed by atoms with Crippen LogP contribution in [0.3, 0.4) is 0 Å². The van der Waals surface area contributed by atoms with Gasteiger partial charge in [-0.3, -0.25) is 0 Å². The van der Waals surface area contributed by atoms with Crippen LogP contribution < -0.4 is 0 Å². The average Bonchev–Trinajstić information content (AvgIpc) is 3.12. The number of benzene rings is 10. The van der Waals surface area contributed by atoms with Gasteiger partial charge in [0.1, 0.15) is 0 Å². The second-order valence-electron chi connectivity index (χ2n) is 12.8. The van der Waals surface area contributed by atoms with Gasteiger partial charge < -0.3 is 0 Å². The molecule has 46 heavy (non-hydrogen) atoms. The van der Waals surface area contributed by atoms with Gasteiger partial charge >= 0.3 is 0 Å². The van der Waals surface area contributed by atoms with Gasteiger partial charge in [-0.1, -0.05) is 140 Å². The van der Waals surface area contributed by atoms with E-state index >= 15 is 0 Å². The molecule has 0 bridgehead atoms. The second kappa shape index (κ2) is 8.81. The van der Waals surface area contributed by atoms with Crippen LogP contribution in [-0.4, -0.2) is 0 Å². The Hall–Kier alpha value is -5.98. The van der Waals surface area contributed by atoms with Crippen molar-refractivity contribution in [1.29, 1.82) is 0 Å². The Balaban J connectivity index is 1.38. The summed E-state index contributed by atoms with van der Waals surface area (Å²) in [6.07, 6.45) is 0. The number of rotatable bonds is 1. The fraction of sp³-hybridized carbons (Fsp3) is 0. The molecule has 11 aromatic rings. The highest BCUT2D eigenvalue weighted by Gasteiger charge is 2.18. The molecule has 0 spiro atoms. The Kier molecular flexibility index (Phi) is 4.66. The van der Waals surface area contributed by atoms with E-state index in [9.17, 15) is 0 Å². The fourth-order valence-corrected chi connectivity index (χ4v) is 8.56. The van der Waals surface area contributed by atoms with Crippen molar-refractivity contribution in [3.8, 4) is 11.1 Å². The molecule has 0 aliphatic rings. The van der Waals surface area contributed by atoms with E-state index in [1.807, 2.05) is 0 Å². The zero-order valence-electron chi connectivity index (χ0n) is 25.0. The molecule has 0 aliphatic carbocycles. The van der Waals surface area contributed by atoms with Gasteiger partial charge in [0.25, 0.3) is 0 Å². The van der Waals surface area contributed by atoms with Crippen molar-refractivity contribution < 1.29 is 0 Å². The summed E-state index contributed by atoms with van der Waals surface area (Å²) in [5.41, 5.74) is 2.53. The highest BCUT2D eigenvalue weighted by molar-refractivity contribution is 6.37. The standard InChI is InChI=1S/C46H26/c1-2-12-34-27(8-1)18-22-32-25-40(35-13-3-4-14-36(35)42(32)34)33-24-31-23-21-30-10-6-16-38-37-15-5-9-28-19-20-29-11-7-17-39(45(29)43(28)37)41(26-33)46(31)44(30)38/h1-26H. The zero-order chi connectivity index (χ0) is 29.9. The van der Waals surface area contributed by atoms with E-state index in [1.165, 1.54) is 108 Å². The summed E-state index contributed by atoms with van der Waals surface area (Å²) in [5, 5.41) is 23.5. The monoisotopic (exact) mass is 578 g/mol. The highest BCUT2D eigenvalue weighted by atomic mass is 14.2. The molecule has 0 aliphatic heterocycles. The van der Waals surface area contributed by atoms with Gasteiger partial charge in [0, 0.05) is 0 Å². The van der Waals surface area contributed by atoms with Crippen molar-refractivity contribution in [3.05, 3.63) is 158 Å². The van der Waals surface area contributed by atoms with Gasteiger partial charge in [0.2, 0.25) is 0 Å². The maximum Gasteiger partial charge on any atom is -0.00199 e. The van der Waals surface area contributed by atoms with Gasteiger partial charge in [0.15, 0.2) is 0 Å². The third kappa shape index (κ3) is 3.13. The van der Waals surface area contributed by atoms with Crippen molar-refractivity contribution in [1.82, 2.24) is 0 Å². The van der Waals surface area contributed by atoms with Crippen LogP contribution in [0, 0.1) is 0 Å². The Bertz CT molecular complexity index is 3060. The van der Waals surface area contributed by atoms with Gasteiger partial charge in [-0.05, 0) is 126 Å². The van der Waals surface area contributed by atoms with Crippen molar-refractivity contribution in [3.63, 3.8) is 0 Å². The van der Waals surface area contributed by atoms with E-state index in [4.69, 9.17) is 0 Å². The van der Waals surface area contributed by atoms with Crippen LogP contribution in [0.15, 0.2) is 158 Å².